The van der Waals surface area contributed by atoms with Crippen LogP contribution in [0.3, 0.4) is 0 Å². The Balaban J connectivity index is 1.50. The van der Waals surface area contributed by atoms with Gasteiger partial charge in [0.05, 0.1) is 17.2 Å². The van der Waals surface area contributed by atoms with Crippen LogP contribution in [0.2, 0.25) is 12.6 Å². The highest BCUT2D eigenvalue weighted by molar-refractivity contribution is 6.67. The number of rotatable bonds is 6. The van der Waals surface area contributed by atoms with Crippen LogP contribution in [-0.2, 0) is 6.54 Å². The average Bonchev–Trinajstić information content (AvgIpc) is 2.84. The molecular formula is C24H21BF2N4O2. The number of nitrogens with zero attached hydrogens (tertiary/aromatic N) is 4. The van der Waals surface area contributed by atoms with Gasteiger partial charge in [-0.25, -0.2) is 19.0 Å². The lowest BCUT2D eigenvalue weighted by molar-refractivity contribution is 0.408. The quantitative estimate of drug-likeness (QED) is 0.492. The van der Waals surface area contributed by atoms with Crippen LogP contribution in [0, 0.1) is 40.1 Å². The van der Waals surface area contributed by atoms with Crippen LogP contribution < -0.4 is 10.3 Å². The first-order valence-electron chi connectivity index (χ1n) is 10.9. The Morgan fingerprint density at radius 3 is 2.64 bits per heavy atom. The molecule has 0 bridgehead atoms. The SMILES string of the molecule is N#CB1CCC(CCCn2cnc3ccc(Oc4c(F)ccc(F)c4C#N)cc3c2=O)CC1. The van der Waals surface area contributed by atoms with Crippen molar-refractivity contribution in [1.82, 2.24) is 9.55 Å². The van der Waals surface area contributed by atoms with Gasteiger partial charge in [0, 0.05) is 12.5 Å². The molecule has 3 aromatic rings. The van der Waals surface area contributed by atoms with Crippen LogP contribution in [0.25, 0.3) is 10.9 Å². The minimum atomic E-state index is -0.889. The molecule has 33 heavy (non-hydrogen) atoms. The molecule has 6 nitrogen and oxygen atoms in total. The molecule has 1 aliphatic rings. The molecule has 0 atom stereocenters. The normalized spacial score (nSPS) is 14.1. The second-order valence-electron chi connectivity index (χ2n) is 8.36. The molecule has 0 unspecified atom stereocenters. The van der Waals surface area contributed by atoms with Crippen molar-refractivity contribution in [2.45, 2.75) is 44.9 Å². The number of hydrogen-bond donors (Lipinski definition) is 0. The molecular weight excluding hydrogens is 425 g/mol. The number of benzene rings is 2. The summed E-state index contributed by atoms with van der Waals surface area (Å²) in [7, 11) is 0. The van der Waals surface area contributed by atoms with Crippen molar-refractivity contribution in [3.63, 3.8) is 0 Å². The van der Waals surface area contributed by atoms with E-state index < -0.39 is 22.9 Å². The van der Waals surface area contributed by atoms with Gasteiger partial charge in [-0.1, -0.05) is 25.5 Å². The van der Waals surface area contributed by atoms with E-state index in [1.807, 2.05) is 0 Å². The summed E-state index contributed by atoms with van der Waals surface area (Å²) < 4.78 is 35.0. The van der Waals surface area contributed by atoms with Crippen LogP contribution in [0.5, 0.6) is 11.5 Å². The summed E-state index contributed by atoms with van der Waals surface area (Å²) in [6.45, 7) is 0.692. The topological polar surface area (TPSA) is 91.7 Å². The zero-order valence-corrected chi connectivity index (χ0v) is 17.9. The van der Waals surface area contributed by atoms with Crippen molar-refractivity contribution in [1.29, 1.82) is 10.5 Å². The van der Waals surface area contributed by atoms with Gasteiger partial charge in [0.2, 0.25) is 0 Å². The van der Waals surface area contributed by atoms with E-state index in [9.17, 15) is 13.6 Å². The van der Waals surface area contributed by atoms with Gasteiger partial charge in [-0.2, -0.15) is 5.26 Å². The molecule has 1 saturated heterocycles. The number of aryl methyl sites for hydroxylation is 1. The third kappa shape index (κ3) is 4.88. The first-order valence-corrected chi connectivity index (χ1v) is 10.9. The number of aromatic nitrogens is 2. The van der Waals surface area contributed by atoms with E-state index in [-0.39, 0.29) is 18.0 Å². The first-order chi connectivity index (χ1) is 16.0. The maximum absolute atomic E-state index is 14.2. The summed E-state index contributed by atoms with van der Waals surface area (Å²) in [5.41, 5.74) is -0.333. The van der Waals surface area contributed by atoms with Crippen LogP contribution >= 0.6 is 0 Å². The molecule has 0 amide bonds. The van der Waals surface area contributed by atoms with E-state index in [4.69, 9.17) is 15.3 Å². The Bertz CT molecular complexity index is 1320. The minimum Gasteiger partial charge on any atom is -0.453 e. The number of nitriles is 2. The second-order valence-corrected chi connectivity index (χ2v) is 8.36. The molecule has 1 aromatic heterocycles. The van der Waals surface area contributed by atoms with Crippen molar-refractivity contribution in [3.05, 3.63) is 64.2 Å². The van der Waals surface area contributed by atoms with Gasteiger partial charge < -0.3 is 4.74 Å². The molecule has 0 saturated carbocycles. The number of hydrogen-bond acceptors (Lipinski definition) is 5. The van der Waals surface area contributed by atoms with Crippen molar-refractivity contribution >= 4 is 17.6 Å². The lowest BCUT2D eigenvalue weighted by Gasteiger charge is -2.23. The van der Waals surface area contributed by atoms with Crippen molar-refractivity contribution < 1.29 is 13.5 Å². The molecule has 0 aliphatic carbocycles. The average molecular weight is 446 g/mol. The van der Waals surface area contributed by atoms with Gasteiger partial charge in [-0.3, -0.25) is 9.36 Å². The molecule has 0 radical (unpaired) electrons. The fraction of sp³-hybridized carbons (Fsp3) is 0.333. The second kappa shape index (κ2) is 9.83. The molecule has 2 heterocycles. The molecule has 1 fully saturated rings. The van der Waals surface area contributed by atoms with Gasteiger partial charge in [0.25, 0.3) is 12.3 Å². The Labute approximate surface area is 190 Å². The highest BCUT2D eigenvalue weighted by atomic mass is 19.1. The molecule has 166 valence electrons. The molecule has 9 heteroatoms. The summed E-state index contributed by atoms with van der Waals surface area (Å²) in [6, 6.07) is 7.82. The van der Waals surface area contributed by atoms with Crippen LogP contribution in [0.1, 0.15) is 31.2 Å². The summed E-state index contributed by atoms with van der Waals surface area (Å²) in [5, 5.41) is 18.5. The summed E-state index contributed by atoms with van der Waals surface area (Å²) in [6.07, 6.45) is 7.31. The third-order valence-corrected chi connectivity index (χ3v) is 6.23. The molecule has 0 N–H and O–H groups in total. The molecule has 1 aliphatic heterocycles. The van der Waals surface area contributed by atoms with E-state index in [0.29, 0.717) is 23.4 Å². The number of halogens is 2. The number of ether oxygens (including phenoxy) is 1. The minimum absolute atomic E-state index is 0.106. The van der Waals surface area contributed by atoms with E-state index in [0.717, 1.165) is 50.5 Å². The van der Waals surface area contributed by atoms with E-state index >= 15 is 0 Å². The third-order valence-electron chi connectivity index (χ3n) is 6.23. The highest BCUT2D eigenvalue weighted by Crippen LogP contribution is 2.31. The monoisotopic (exact) mass is 446 g/mol. The van der Waals surface area contributed by atoms with E-state index in [1.165, 1.54) is 23.0 Å². The first kappa shape index (κ1) is 22.5. The zero-order valence-electron chi connectivity index (χ0n) is 17.9. The van der Waals surface area contributed by atoms with Gasteiger partial charge in [0.15, 0.2) is 11.6 Å². The largest absolute Gasteiger partial charge is 0.453 e. The van der Waals surface area contributed by atoms with Gasteiger partial charge >= 0.3 is 0 Å². The molecule has 4 rings (SSSR count). The predicted molar refractivity (Wildman–Crippen MR) is 120 cm³/mol. The summed E-state index contributed by atoms with van der Waals surface area (Å²) in [5.74, 6) is 0.743. The summed E-state index contributed by atoms with van der Waals surface area (Å²) >= 11 is 0. The predicted octanol–water partition coefficient (Wildman–Crippen LogP) is 5.09. The number of fused-ring (bicyclic) bond motifs is 1. The lowest BCUT2D eigenvalue weighted by atomic mass is 9.41. The zero-order chi connectivity index (χ0) is 23.4. The lowest BCUT2D eigenvalue weighted by Crippen LogP contribution is -2.22. The molecule has 2 aromatic carbocycles. The van der Waals surface area contributed by atoms with Gasteiger partial charge in [-0.05, 0) is 49.1 Å². The van der Waals surface area contributed by atoms with Crippen LogP contribution in [0.4, 0.5) is 8.78 Å². The Hall–Kier alpha value is -3.72. The van der Waals surface area contributed by atoms with Gasteiger partial charge in [0.1, 0.15) is 23.2 Å². The van der Waals surface area contributed by atoms with Crippen molar-refractivity contribution in [2.75, 3.05) is 0 Å². The van der Waals surface area contributed by atoms with E-state index in [1.54, 1.807) is 12.1 Å². The molecule has 0 spiro atoms. The van der Waals surface area contributed by atoms with Crippen LogP contribution in [-0.4, -0.2) is 16.3 Å². The fourth-order valence-corrected chi connectivity index (χ4v) is 4.35. The Kier molecular flexibility index (Phi) is 6.70. The summed E-state index contributed by atoms with van der Waals surface area (Å²) in [4.78, 5) is 17.3. The van der Waals surface area contributed by atoms with Crippen molar-refractivity contribution in [3.8, 4) is 23.5 Å². The standard InChI is InChI=1S/C24H21BF2N4O2/c26-20-4-5-21(27)23(19(20)13-28)33-17-3-6-22-18(12-17)24(32)31(15-30-22)11-1-2-16-7-9-25(14-29)10-8-16/h3-6,12,15-16H,1-2,7-11H2. The Morgan fingerprint density at radius 2 is 1.91 bits per heavy atom. The highest BCUT2D eigenvalue weighted by Gasteiger charge is 2.23. The Morgan fingerprint density at radius 1 is 1.15 bits per heavy atom. The fourth-order valence-electron chi connectivity index (χ4n) is 4.35. The smallest absolute Gasteiger partial charge is 0.267 e. The maximum Gasteiger partial charge on any atom is 0.267 e. The maximum atomic E-state index is 14.2. The van der Waals surface area contributed by atoms with Crippen LogP contribution in [0.15, 0.2) is 41.5 Å². The van der Waals surface area contributed by atoms with E-state index in [2.05, 4.69) is 11.0 Å². The van der Waals surface area contributed by atoms with Gasteiger partial charge in [-0.15, -0.1) is 0 Å². The van der Waals surface area contributed by atoms with Crippen molar-refractivity contribution in [2.24, 2.45) is 5.92 Å².